The third kappa shape index (κ3) is 3.61. The van der Waals surface area contributed by atoms with Gasteiger partial charge in [0.15, 0.2) is 0 Å². The number of aromatic carboxylic acids is 2. The molecule has 120 valence electrons. The number of carbonyl (C=O) groups excluding carboxylic acids is 2. The molecule has 9 heteroatoms. The van der Waals surface area contributed by atoms with E-state index < -0.39 is 26.9 Å². The van der Waals surface area contributed by atoms with Crippen LogP contribution in [0.5, 0.6) is 0 Å². The van der Waals surface area contributed by atoms with E-state index in [0.29, 0.717) is 0 Å². The first-order valence-electron chi connectivity index (χ1n) is 6.06. The molecule has 0 aromatic heterocycles. The monoisotopic (exact) mass is 353 g/mol. The lowest BCUT2D eigenvalue weighted by molar-refractivity contribution is -0.256. The minimum Gasteiger partial charge on any atom is -0.545 e. The topological polar surface area (TPSA) is 126 Å². The highest BCUT2D eigenvalue weighted by atomic mass is 35.5. The number of carboxylic acids is 2. The van der Waals surface area contributed by atoms with Gasteiger partial charge in [-0.25, -0.2) is 8.42 Å². The number of carbonyl (C=O) groups is 2. The van der Waals surface area contributed by atoms with Crippen LogP contribution in [0.2, 0.25) is 5.02 Å². The molecule has 2 rings (SSSR count). The molecule has 0 radical (unpaired) electrons. The second-order valence-electron chi connectivity index (χ2n) is 4.37. The first-order valence-corrected chi connectivity index (χ1v) is 7.92. The van der Waals surface area contributed by atoms with Crippen LogP contribution >= 0.6 is 11.6 Å². The lowest BCUT2D eigenvalue weighted by Crippen LogP contribution is -2.25. The van der Waals surface area contributed by atoms with Crippen molar-refractivity contribution in [1.29, 1.82) is 0 Å². The molecular weight excluding hydrogens is 346 g/mol. The zero-order valence-electron chi connectivity index (χ0n) is 11.3. The number of sulfonamides is 1. The fourth-order valence-corrected chi connectivity index (χ4v) is 3.39. The second-order valence-corrected chi connectivity index (χ2v) is 6.43. The number of halogens is 1. The van der Waals surface area contributed by atoms with Crippen LogP contribution < -0.4 is 14.9 Å². The van der Waals surface area contributed by atoms with E-state index in [-0.39, 0.29) is 21.8 Å². The van der Waals surface area contributed by atoms with Crippen LogP contribution in [-0.2, 0) is 10.0 Å². The fourth-order valence-electron chi connectivity index (χ4n) is 1.79. The van der Waals surface area contributed by atoms with Crippen LogP contribution in [0.1, 0.15) is 20.7 Å². The minimum absolute atomic E-state index is 0.228. The molecule has 0 saturated heterocycles. The Balaban J connectivity index is 2.50. The maximum Gasteiger partial charge on any atom is 0.263 e. The number of nitrogens with one attached hydrogen (secondary N) is 1. The summed E-state index contributed by atoms with van der Waals surface area (Å²) < 4.78 is 26.7. The van der Waals surface area contributed by atoms with Crippen LogP contribution in [0.4, 0.5) is 5.69 Å². The van der Waals surface area contributed by atoms with Crippen molar-refractivity contribution in [3.05, 3.63) is 58.6 Å². The van der Waals surface area contributed by atoms with E-state index in [1.165, 1.54) is 18.2 Å². The Morgan fingerprint density at radius 3 is 2.26 bits per heavy atom. The normalized spacial score (nSPS) is 11.0. The first-order chi connectivity index (χ1) is 10.7. The van der Waals surface area contributed by atoms with Gasteiger partial charge in [-0.1, -0.05) is 35.9 Å². The van der Waals surface area contributed by atoms with Crippen molar-refractivity contribution >= 4 is 39.3 Å². The van der Waals surface area contributed by atoms with Gasteiger partial charge in [0, 0.05) is 5.56 Å². The zero-order valence-corrected chi connectivity index (χ0v) is 12.8. The highest BCUT2D eigenvalue weighted by molar-refractivity contribution is 7.92. The van der Waals surface area contributed by atoms with Gasteiger partial charge in [0.25, 0.3) is 10.0 Å². The van der Waals surface area contributed by atoms with E-state index >= 15 is 0 Å². The maximum absolute atomic E-state index is 12.3. The summed E-state index contributed by atoms with van der Waals surface area (Å²) in [5.74, 6) is -3.15. The SMILES string of the molecule is O=C([O-])c1ccc(Cl)c(S(=O)(=O)Nc2ccccc2C(=O)[O-])c1. The van der Waals surface area contributed by atoms with Crippen molar-refractivity contribution in [2.45, 2.75) is 4.90 Å². The summed E-state index contributed by atoms with van der Waals surface area (Å²) >= 11 is 5.79. The Morgan fingerprint density at radius 2 is 1.65 bits per heavy atom. The van der Waals surface area contributed by atoms with Gasteiger partial charge in [0.1, 0.15) is 4.90 Å². The van der Waals surface area contributed by atoms with Gasteiger partial charge < -0.3 is 19.8 Å². The van der Waals surface area contributed by atoms with Crippen molar-refractivity contribution < 1.29 is 28.2 Å². The van der Waals surface area contributed by atoms with E-state index in [1.807, 2.05) is 4.72 Å². The molecule has 2 aromatic carbocycles. The minimum atomic E-state index is -4.32. The Labute approximate surface area is 136 Å². The summed E-state index contributed by atoms with van der Waals surface area (Å²) in [7, 11) is -4.32. The Bertz CT molecular complexity index is 894. The van der Waals surface area contributed by atoms with Crippen molar-refractivity contribution in [3.63, 3.8) is 0 Å². The molecule has 23 heavy (non-hydrogen) atoms. The van der Waals surface area contributed by atoms with E-state index in [2.05, 4.69) is 0 Å². The van der Waals surface area contributed by atoms with Crippen LogP contribution in [0.25, 0.3) is 0 Å². The Morgan fingerprint density at radius 1 is 1.00 bits per heavy atom. The summed E-state index contributed by atoms with van der Waals surface area (Å²) in [6, 6.07) is 8.20. The smallest absolute Gasteiger partial charge is 0.263 e. The molecule has 1 N–H and O–H groups in total. The first kappa shape index (κ1) is 16.8. The second kappa shape index (κ2) is 6.27. The molecule has 0 heterocycles. The largest absolute Gasteiger partial charge is 0.545 e. The lowest BCUT2D eigenvalue weighted by Gasteiger charge is -2.14. The van der Waals surface area contributed by atoms with Crippen molar-refractivity contribution in [1.82, 2.24) is 0 Å². The average Bonchev–Trinajstić information content (AvgIpc) is 2.47. The summed E-state index contributed by atoms with van der Waals surface area (Å²) in [5, 5.41) is 21.6. The molecule has 0 unspecified atom stereocenters. The van der Waals surface area contributed by atoms with E-state index in [9.17, 15) is 28.2 Å². The quantitative estimate of drug-likeness (QED) is 0.797. The molecule has 0 bridgehead atoms. The number of anilines is 1. The molecule has 0 aliphatic heterocycles. The maximum atomic E-state index is 12.3. The molecule has 0 saturated carbocycles. The number of hydrogen-bond donors (Lipinski definition) is 1. The van der Waals surface area contributed by atoms with Crippen LogP contribution in [0.15, 0.2) is 47.4 Å². The third-order valence-electron chi connectivity index (χ3n) is 2.85. The van der Waals surface area contributed by atoms with Gasteiger partial charge in [-0.05, 0) is 23.8 Å². The highest BCUT2D eigenvalue weighted by Gasteiger charge is 2.20. The summed E-state index contributed by atoms with van der Waals surface area (Å²) in [5.41, 5.74) is -0.992. The van der Waals surface area contributed by atoms with Gasteiger partial charge in [-0.2, -0.15) is 0 Å². The number of hydrogen-bond acceptors (Lipinski definition) is 6. The van der Waals surface area contributed by atoms with E-state index in [4.69, 9.17) is 11.6 Å². The number of para-hydroxylation sites is 1. The van der Waals surface area contributed by atoms with Crippen LogP contribution in [0, 0.1) is 0 Å². The Hall–Kier alpha value is -2.58. The summed E-state index contributed by atoms with van der Waals surface area (Å²) in [6.45, 7) is 0. The molecule has 2 aromatic rings. The number of benzene rings is 2. The van der Waals surface area contributed by atoms with Gasteiger partial charge in [-0.3, -0.25) is 4.72 Å². The fraction of sp³-hybridized carbons (Fsp3) is 0. The Kier molecular flexibility index (Phi) is 4.57. The summed E-state index contributed by atoms with van der Waals surface area (Å²) in [4.78, 5) is 21.3. The van der Waals surface area contributed by atoms with Crippen molar-refractivity contribution in [2.24, 2.45) is 0 Å². The van der Waals surface area contributed by atoms with E-state index in [1.54, 1.807) is 0 Å². The highest BCUT2D eigenvalue weighted by Crippen LogP contribution is 2.26. The number of rotatable bonds is 5. The standard InChI is InChI=1S/C14H10ClNO6S/c15-10-6-5-8(13(17)18)7-12(10)23(21,22)16-11-4-2-1-3-9(11)14(19)20/h1-7,16H,(H,17,18)(H,19,20)/p-2. The van der Waals surface area contributed by atoms with Gasteiger partial charge in [-0.15, -0.1) is 0 Å². The molecule has 0 aliphatic carbocycles. The molecule has 0 amide bonds. The molecule has 0 fully saturated rings. The molecular formula is C14H8ClNO6S-2. The lowest BCUT2D eigenvalue weighted by atomic mass is 10.2. The molecule has 7 nitrogen and oxygen atoms in total. The van der Waals surface area contributed by atoms with Gasteiger partial charge in [0.2, 0.25) is 0 Å². The van der Waals surface area contributed by atoms with Crippen molar-refractivity contribution in [2.75, 3.05) is 4.72 Å². The van der Waals surface area contributed by atoms with Crippen LogP contribution in [-0.4, -0.2) is 20.4 Å². The molecule has 0 atom stereocenters. The van der Waals surface area contributed by atoms with Crippen molar-refractivity contribution in [3.8, 4) is 0 Å². The van der Waals surface area contributed by atoms with E-state index in [0.717, 1.165) is 24.3 Å². The van der Waals surface area contributed by atoms with Gasteiger partial charge in [0.05, 0.1) is 22.6 Å². The average molecular weight is 354 g/mol. The zero-order chi connectivity index (χ0) is 17.2. The predicted octanol–water partition coefficient (Wildman–Crippen LogP) is -0.132. The molecule has 0 spiro atoms. The van der Waals surface area contributed by atoms with Gasteiger partial charge >= 0.3 is 0 Å². The number of carboxylic acid groups (broad SMARTS) is 2. The summed E-state index contributed by atoms with van der Waals surface area (Å²) in [6.07, 6.45) is 0. The molecule has 0 aliphatic rings. The predicted molar refractivity (Wildman–Crippen MR) is 77.4 cm³/mol. The van der Waals surface area contributed by atoms with Crippen LogP contribution in [0.3, 0.4) is 0 Å². The third-order valence-corrected chi connectivity index (χ3v) is 4.69.